The van der Waals surface area contributed by atoms with Crippen LogP contribution in [0, 0.1) is 0 Å². The van der Waals surface area contributed by atoms with Gasteiger partial charge >= 0.3 is 5.97 Å². The second kappa shape index (κ2) is 3.13. The third-order valence-corrected chi connectivity index (χ3v) is 2.56. The molecule has 4 nitrogen and oxygen atoms in total. The first-order chi connectivity index (χ1) is 5.15. The van der Waals surface area contributed by atoms with Crippen LogP contribution in [0.5, 0.6) is 0 Å². The highest BCUT2D eigenvalue weighted by Crippen LogP contribution is 2.26. The molecule has 1 aliphatic heterocycles. The van der Waals surface area contributed by atoms with Gasteiger partial charge in [0.05, 0.1) is 11.8 Å². The van der Waals surface area contributed by atoms with Crippen LogP contribution < -0.4 is 0 Å². The SMILES string of the molecule is CSC1CC(=O)N1CC(=O)O. The van der Waals surface area contributed by atoms with Gasteiger partial charge in [-0.25, -0.2) is 0 Å². The predicted molar refractivity (Wildman–Crippen MR) is 41.3 cm³/mol. The minimum absolute atomic E-state index is 0.0632. The lowest BCUT2D eigenvalue weighted by molar-refractivity contribution is -0.151. The molecule has 0 saturated carbocycles. The fourth-order valence-corrected chi connectivity index (χ4v) is 1.73. The molecule has 1 unspecified atom stereocenters. The minimum atomic E-state index is -0.947. The van der Waals surface area contributed by atoms with E-state index in [1.165, 1.54) is 16.7 Å². The summed E-state index contributed by atoms with van der Waals surface area (Å²) in [5, 5.41) is 8.46. The van der Waals surface area contributed by atoms with Crippen LogP contribution in [0.2, 0.25) is 0 Å². The highest BCUT2D eigenvalue weighted by atomic mass is 32.2. The molecule has 1 heterocycles. The molecule has 0 aromatic carbocycles. The molecule has 0 aromatic rings. The topological polar surface area (TPSA) is 57.6 Å². The summed E-state index contributed by atoms with van der Waals surface area (Å²) in [4.78, 5) is 22.4. The Bertz CT molecular complexity index is 194. The number of likely N-dealkylation sites (tertiary alicyclic amines) is 1. The number of nitrogens with zero attached hydrogens (tertiary/aromatic N) is 1. The van der Waals surface area contributed by atoms with Gasteiger partial charge in [0.25, 0.3) is 0 Å². The molecule has 1 atom stereocenters. The zero-order chi connectivity index (χ0) is 8.43. The van der Waals surface area contributed by atoms with Crippen molar-refractivity contribution in [2.45, 2.75) is 11.8 Å². The number of β-lactam (4-membered cyclic amide) rings is 1. The Morgan fingerprint density at radius 2 is 2.55 bits per heavy atom. The fourth-order valence-electron chi connectivity index (χ4n) is 0.971. The van der Waals surface area contributed by atoms with Gasteiger partial charge in [-0.3, -0.25) is 9.59 Å². The van der Waals surface area contributed by atoms with Crippen LogP contribution in [-0.2, 0) is 9.59 Å². The number of amides is 1. The Hall–Kier alpha value is -0.710. The fraction of sp³-hybridized carbons (Fsp3) is 0.667. The molecule has 0 aromatic heterocycles. The molecule has 1 rings (SSSR count). The van der Waals surface area contributed by atoms with Gasteiger partial charge in [0.1, 0.15) is 6.54 Å². The molecule has 5 heteroatoms. The van der Waals surface area contributed by atoms with E-state index in [9.17, 15) is 9.59 Å². The molecule has 1 fully saturated rings. The van der Waals surface area contributed by atoms with Crippen molar-refractivity contribution in [3.8, 4) is 0 Å². The van der Waals surface area contributed by atoms with Gasteiger partial charge in [-0.1, -0.05) is 0 Å². The standard InChI is InChI=1S/C6H9NO3S/c1-11-5-2-4(8)7(5)3-6(9)10/h5H,2-3H2,1H3,(H,9,10). The first-order valence-corrected chi connectivity index (χ1v) is 4.48. The van der Waals surface area contributed by atoms with Crippen LogP contribution in [0.4, 0.5) is 0 Å². The van der Waals surface area contributed by atoms with Crippen molar-refractivity contribution in [1.82, 2.24) is 4.90 Å². The van der Waals surface area contributed by atoms with Crippen molar-refractivity contribution >= 4 is 23.6 Å². The minimum Gasteiger partial charge on any atom is -0.480 e. The summed E-state index contributed by atoms with van der Waals surface area (Å²) in [6, 6.07) is 0. The van der Waals surface area contributed by atoms with E-state index in [4.69, 9.17) is 5.11 Å². The second-order valence-corrected chi connectivity index (χ2v) is 3.33. The maximum atomic E-state index is 10.8. The zero-order valence-corrected chi connectivity index (χ0v) is 6.93. The summed E-state index contributed by atoms with van der Waals surface area (Å²) < 4.78 is 0. The molecule has 0 radical (unpaired) electrons. The van der Waals surface area contributed by atoms with Crippen LogP contribution in [0.1, 0.15) is 6.42 Å². The van der Waals surface area contributed by atoms with E-state index in [2.05, 4.69) is 0 Å². The van der Waals surface area contributed by atoms with Gasteiger partial charge in [0, 0.05) is 0 Å². The van der Waals surface area contributed by atoms with E-state index >= 15 is 0 Å². The lowest BCUT2D eigenvalue weighted by Crippen LogP contribution is -2.52. The van der Waals surface area contributed by atoms with Crippen molar-refractivity contribution in [3.05, 3.63) is 0 Å². The van der Waals surface area contributed by atoms with E-state index in [0.29, 0.717) is 6.42 Å². The van der Waals surface area contributed by atoms with Crippen molar-refractivity contribution in [1.29, 1.82) is 0 Å². The van der Waals surface area contributed by atoms with E-state index < -0.39 is 5.97 Å². The number of carboxylic acid groups (broad SMARTS) is 1. The Morgan fingerprint density at radius 3 is 2.91 bits per heavy atom. The molecule has 11 heavy (non-hydrogen) atoms. The number of aliphatic carboxylic acids is 1. The Morgan fingerprint density at radius 1 is 1.91 bits per heavy atom. The lowest BCUT2D eigenvalue weighted by atomic mass is 10.2. The summed E-state index contributed by atoms with van der Waals surface area (Å²) in [6.07, 6.45) is 2.35. The van der Waals surface area contributed by atoms with Crippen LogP contribution in [0.3, 0.4) is 0 Å². The first kappa shape index (κ1) is 8.39. The average Bonchev–Trinajstić information content (AvgIpc) is 1.95. The van der Waals surface area contributed by atoms with Gasteiger partial charge in [0.2, 0.25) is 5.91 Å². The normalized spacial score (nSPS) is 23.2. The lowest BCUT2D eigenvalue weighted by Gasteiger charge is -2.37. The van der Waals surface area contributed by atoms with Gasteiger partial charge < -0.3 is 10.0 Å². The molecule has 1 aliphatic rings. The Balaban J connectivity index is 2.42. The van der Waals surface area contributed by atoms with E-state index in [1.807, 2.05) is 6.26 Å². The molecular weight excluding hydrogens is 166 g/mol. The van der Waals surface area contributed by atoms with Gasteiger partial charge in [-0.15, -0.1) is 11.8 Å². The number of carbonyl (C=O) groups excluding carboxylic acids is 1. The summed E-state index contributed by atoms with van der Waals surface area (Å²) in [6.45, 7) is -0.162. The van der Waals surface area contributed by atoms with Crippen LogP contribution >= 0.6 is 11.8 Å². The molecule has 1 amide bonds. The van der Waals surface area contributed by atoms with Crippen molar-refractivity contribution in [2.75, 3.05) is 12.8 Å². The van der Waals surface area contributed by atoms with E-state index in [0.717, 1.165) is 0 Å². The number of thioether (sulfide) groups is 1. The third-order valence-electron chi connectivity index (χ3n) is 1.59. The zero-order valence-electron chi connectivity index (χ0n) is 6.11. The number of hydrogen-bond donors (Lipinski definition) is 1. The smallest absolute Gasteiger partial charge is 0.323 e. The predicted octanol–water partition coefficient (Wildman–Crippen LogP) is -0.00760. The number of rotatable bonds is 3. The molecule has 62 valence electrons. The Labute approximate surface area is 68.6 Å². The van der Waals surface area contributed by atoms with Crippen LogP contribution in [-0.4, -0.2) is 40.1 Å². The van der Waals surface area contributed by atoms with Crippen LogP contribution in [0.25, 0.3) is 0 Å². The van der Waals surface area contributed by atoms with E-state index in [1.54, 1.807) is 0 Å². The number of hydrogen-bond acceptors (Lipinski definition) is 3. The maximum absolute atomic E-state index is 10.8. The first-order valence-electron chi connectivity index (χ1n) is 3.19. The summed E-state index contributed by atoms with van der Waals surface area (Å²) in [7, 11) is 0. The highest BCUT2D eigenvalue weighted by Gasteiger charge is 2.36. The average molecular weight is 175 g/mol. The molecule has 0 aliphatic carbocycles. The summed E-state index contributed by atoms with van der Waals surface area (Å²) >= 11 is 1.51. The molecule has 0 bridgehead atoms. The van der Waals surface area contributed by atoms with Gasteiger partial charge in [-0.05, 0) is 6.26 Å². The summed E-state index contributed by atoms with van der Waals surface area (Å²) in [5.74, 6) is -1.01. The Kier molecular flexibility index (Phi) is 2.38. The third kappa shape index (κ3) is 1.65. The van der Waals surface area contributed by atoms with Crippen LogP contribution in [0.15, 0.2) is 0 Å². The molecule has 1 N–H and O–H groups in total. The monoisotopic (exact) mass is 175 g/mol. The van der Waals surface area contributed by atoms with E-state index in [-0.39, 0.29) is 17.8 Å². The van der Waals surface area contributed by atoms with Gasteiger partial charge in [-0.2, -0.15) is 0 Å². The highest BCUT2D eigenvalue weighted by molar-refractivity contribution is 7.99. The molecule has 1 saturated heterocycles. The maximum Gasteiger partial charge on any atom is 0.323 e. The van der Waals surface area contributed by atoms with Crippen molar-refractivity contribution < 1.29 is 14.7 Å². The quantitative estimate of drug-likeness (QED) is 0.613. The number of carboxylic acids is 1. The largest absolute Gasteiger partial charge is 0.480 e. The molecular formula is C6H9NO3S. The number of carbonyl (C=O) groups is 2. The van der Waals surface area contributed by atoms with Gasteiger partial charge in [0.15, 0.2) is 0 Å². The summed E-state index contributed by atoms with van der Waals surface area (Å²) in [5.41, 5.74) is 0. The van der Waals surface area contributed by atoms with Crippen molar-refractivity contribution in [2.24, 2.45) is 0 Å². The second-order valence-electron chi connectivity index (χ2n) is 2.31. The van der Waals surface area contributed by atoms with Crippen molar-refractivity contribution in [3.63, 3.8) is 0 Å². The molecule has 0 spiro atoms.